The van der Waals surface area contributed by atoms with Crippen LogP contribution in [0.25, 0.3) is 0 Å². The Balaban J connectivity index is 2.41. The SMILES string of the molecule is COC(=O)C[C@@]1(O)[C@H](C)C[C@H](c2ccncc2N)C[C@@H]1O[Si](C)(C)C(C)(C)C. The summed E-state index contributed by atoms with van der Waals surface area (Å²) in [6.45, 7) is 12.8. The molecule has 1 heterocycles. The highest BCUT2D eigenvalue weighted by Gasteiger charge is 2.53. The Labute approximate surface area is 170 Å². The molecule has 0 amide bonds. The van der Waals surface area contributed by atoms with Gasteiger partial charge >= 0.3 is 5.97 Å². The molecule has 1 aliphatic carbocycles. The van der Waals surface area contributed by atoms with Crippen molar-refractivity contribution in [1.29, 1.82) is 0 Å². The lowest BCUT2D eigenvalue weighted by molar-refractivity contribution is -0.165. The molecular formula is C21H36N2O4Si. The van der Waals surface area contributed by atoms with Crippen LogP contribution in [0, 0.1) is 5.92 Å². The molecule has 0 radical (unpaired) electrons. The number of esters is 1. The van der Waals surface area contributed by atoms with Crippen molar-refractivity contribution in [1.82, 2.24) is 4.98 Å². The van der Waals surface area contributed by atoms with Crippen molar-refractivity contribution < 1.29 is 19.1 Å². The molecule has 1 aromatic rings. The van der Waals surface area contributed by atoms with E-state index in [1.165, 1.54) is 7.11 Å². The molecular weight excluding hydrogens is 372 g/mol. The molecule has 1 aromatic heterocycles. The number of hydrogen-bond acceptors (Lipinski definition) is 6. The van der Waals surface area contributed by atoms with Crippen LogP contribution in [-0.4, -0.2) is 43.2 Å². The number of pyridine rings is 1. The predicted molar refractivity (Wildman–Crippen MR) is 113 cm³/mol. The number of nitrogen functional groups attached to an aromatic ring is 1. The summed E-state index contributed by atoms with van der Waals surface area (Å²) in [5, 5.41) is 11.6. The number of rotatable bonds is 5. The molecule has 0 unspecified atom stereocenters. The Morgan fingerprint density at radius 1 is 1.39 bits per heavy atom. The summed E-state index contributed by atoms with van der Waals surface area (Å²) < 4.78 is 11.6. The minimum absolute atomic E-state index is 0.00888. The van der Waals surface area contributed by atoms with Crippen molar-refractivity contribution in [3.8, 4) is 0 Å². The first-order chi connectivity index (χ1) is 12.8. The third-order valence-electron chi connectivity index (χ3n) is 6.77. The van der Waals surface area contributed by atoms with Crippen molar-refractivity contribution >= 4 is 20.0 Å². The van der Waals surface area contributed by atoms with Gasteiger partial charge in [0.15, 0.2) is 8.32 Å². The molecule has 0 aliphatic heterocycles. The number of aromatic nitrogens is 1. The third kappa shape index (κ3) is 4.58. The summed E-state index contributed by atoms with van der Waals surface area (Å²) in [4.78, 5) is 16.2. The first-order valence-electron chi connectivity index (χ1n) is 9.98. The molecule has 1 saturated carbocycles. The predicted octanol–water partition coefficient (Wildman–Crippen LogP) is 3.86. The Kier molecular flexibility index (Phi) is 6.63. The molecule has 4 atom stereocenters. The van der Waals surface area contributed by atoms with Gasteiger partial charge in [0, 0.05) is 6.20 Å². The standard InChI is InChI=1S/C21H36N2O4Si/c1-14-10-15(16-8-9-23-13-17(16)22)11-18(21(14,25)12-19(24)26-5)27-28(6,7)20(2,3)4/h8-9,13-15,18,25H,10-12,22H2,1-7H3/t14-,15+,18+,21-/m1/s1. The fraction of sp³-hybridized carbons (Fsp3) is 0.714. The molecule has 3 N–H and O–H groups in total. The van der Waals surface area contributed by atoms with E-state index in [0.717, 1.165) is 12.0 Å². The van der Waals surface area contributed by atoms with E-state index < -0.39 is 26.0 Å². The van der Waals surface area contributed by atoms with E-state index in [1.807, 2.05) is 13.0 Å². The largest absolute Gasteiger partial charge is 0.469 e. The van der Waals surface area contributed by atoms with E-state index >= 15 is 0 Å². The molecule has 0 bridgehead atoms. The van der Waals surface area contributed by atoms with E-state index in [4.69, 9.17) is 14.9 Å². The zero-order valence-corrected chi connectivity index (χ0v) is 19.3. The second kappa shape index (κ2) is 8.12. The fourth-order valence-electron chi connectivity index (χ4n) is 3.82. The lowest BCUT2D eigenvalue weighted by atomic mass is 9.67. The van der Waals surface area contributed by atoms with Gasteiger partial charge in [-0.1, -0.05) is 27.7 Å². The van der Waals surface area contributed by atoms with Gasteiger partial charge in [-0.15, -0.1) is 0 Å². The smallest absolute Gasteiger partial charge is 0.308 e. The lowest BCUT2D eigenvalue weighted by Crippen LogP contribution is -2.59. The Bertz CT molecular complexity index is 704. The highest BCUT2D eigenvalue weighted by Crippen LogP contribution is 2.48. The minimum atomic E-state index is -2.17. The Morgan fingerprint density at radius 2 is 2.04 bits per heavy atom. The summed E-state index contributed by atoms with van der Waals surface area (Å²) in [6, 6.07) is 1.95. The number of nitrogens with two attached hydrogens (primary N) is 1. The van der Waals surface area contributed by atoms with Crippen molar-refractivity contribution in [2.75, 3.05) is 12.8 Å². The lowest BCUT2D eigenvalue weighted by Gasteiger charge is -2.51. The molecule has 158 valence electrons. The van der Waals surface area contributed by atoms with Gasteiger partial charge < -0.3 is 20.0 Å². The van der Waals surface area contributed by atoms with Crippen LogP contribution in [0.4, 0.5) is 5.69 Å². The van der Waals surface area contributed by atoms with Crippen LogP contribution < -0.4 is 5.73 Å². The van der Waals surface area contributed by atoms with E-state index in [-0.39, 0.29) is 23.3 Å². The maximum absolute atomic E-state index is 12.1. The number of ether oxygens (including phenoxy) is 1. The van der Waals surface area contributed by atoms with Crippen LogP contribution in [0.15, 0.2) is 18.5 Å². The number of hydrogen-bond donors (Lipinski definition) is 2. The minimum Gasteiger partial charge on any atom is -0.469 e. The summed E-state index contributed by atoms with van der Waals surface area (Å²) in [5.74, 6) is -0.418. The second-order valence-electron chi connectivity index (χ2n) is 9.68. The average molecular weight is 409 g/mol. The van der Waals surface area contributed by atoms with E-state index in [2.05, 4.69) is 38.8 Å². The maximum Gasteiger partial charge on any atom is 0.308 e. The van der Waals surface area contributed by atoms with E-state index in [9.17, 15) is 9.90 Å². The molecule has 28 heavy (non-hydrogen) atoms. The zero-order valence-electron chi connectivity index (χ0n) is 18.3. The molecule has 1 aliphatic rings. The average Bonchev–Trinajstić information content (AvgIpc) is 2.58. The van der Waals surface area contributed by atoms with Gasteiger partial charge in [0.05, 0.1) is 31.5 Å². The number of methoxy groups -OCH3 is 1. The van der Waals surface area contributed by atoms with Crippen molar-refractivity contribution in [2.45, 2.75) is 82.7 Å². The molecule has 1 fully saturated rings. The summed E-state index contributed by atoms with van der Waals surface area (Å²) in [5.41, 5.74) is 6.60. The topological polar surface area (TPSA) is 94.7 Å². The van der Waals surface area contributed by atoms with Crippen LogP contribution in [-0.2, 0) is 14.0 Å². The number of anilines is 1. The van der Waals surface area contributed by atoms with Crippen molar-refractivity contribution in [3.63, 3.8) is 0 Å². The first-order valence-corrected chi connectivity index (χ1v) is 12.9. The first kappa shape index (κ1) is 22.8. The maximum atomic E-state index is 12.1. The quantitative estimate of drug-likeness (QED) is 0.567. The van der Waals surface area contributed by atoms with Gasteiger partial charge in [0.2, 0.25) is 0 Å². The van der Waals surface area contributed by atoms with Crippen LogP contribution >= 0.6 is 0 Å². The van der Waals surface area contributed by atoms with E-state index in [0.29, 0.717) is 12.1 Å². The van der Waals surface area contributed by atoms with Crippen molar-refractivity contribution in [2.24, 2.45) is 5.92 Å². The second-order valence-corrected chi connectivity index (χ2v) is 14.4. The van der Waals surface area contributed by atoms with Gasteiger partial charge in [-0.3, -0.25) is 9.78 Å². The normalized spacial score (nSPS) is 28.8. The Morgan fingerprint density at radius 3 is 2.57 bits per heavy atom. The van der Waals surface area contributed by atoms with Gasteiger partial charge in [-0.2, -0.15) is 0 Å². The summed E-state index contributed by atoms with van der Waals surface area (Å²) in [6.07, 6.45) is 4.21. The Hall–Kier alpha value is -1.44. The van der Waals surface area contributed by atoms with Gasteiger partial charge in [0.1, 0.15) is 5.60 Å². The molecule has 0 spiro atoms. The summed E-state index contributed by atoms with van der Waals surface area (Å²) >= 11 is 0. The van der Waals surface area contributed by atoms with Gasteiger partial charge in [0.25, 0.3) is 0 Å². The number of nitrogens with zero attached hydrogens (tertiary/aromatic N) is 1. The molecule has 6 nitrogen and oxygen atoms in total. The molecule has 0 saturated heterocycles. The number of aliphatic hydroxyl groups is 1. The third-order valence-corrected chi connectivity index (χ3v) is 11.3. The zero-order chi connectivity index (χ0) is 21.3. The fourth-order valence-corrected chi connectivity index (χ4v) is 5.19. The molecule has 7 heteroatoms. The van der Waals surface area contributed by atoms with Crippen LogP contribution in [0.3, 0.4) is 0 Å². The van der Waals surface area contributed by atoms with Crippen LogP contribution in [0.2, 0.25) is 18.1 Å². The molecule has 2 rings (SSSR count). The van der Waals surface area contributed by atoms with Gasteiger partial charge in [-0.05, 0) is 54.4 Å². The van der Waals surface area contributed by atoms with Crippen molar-refractivity contribution in [3.05, 3.63) is 24.0 Å². The molecule has 0 aromatic carbocycles. The summed E-state index contributed by atoms with van der Waals surface area (Å²) in [7, 11) is -0.821. The van der Waals surface area contributed by atoms with Gasteiger partial charge in [-0.25, -0.2) is 0 Å². The van der Waals surface area contributed by atoms with Crippen LogP contribution in [0.5, 0.6) is 0 Å². The van der Waals surface area contributed by atoms with Crippen LogP contribution in [0.1, 0.15) is 58.4 Å². The number of carbonyl (C=O) groups is 1. The highest BCUT2D eigenvalue weighted by molar-refractivity contribution is 6.74. The number of carbonyl (C=O) groups excluding carboxylic acids is 1. The van der Waals surface area contributed by atoms with E-state index in [1.54, 1.807) is 12.4 Å². The highest BCUT2D eigenvalue weighted by atomic mass is 28.4. The monoisotopic (exact) mass is 408 g/mol.